The first-order valence-corrected chi connectivity index (χ1v) is 6.91. The molecule has 0 spiro atoms. The summed E-state index contributed by atoms with van der Waals surface area (Å²) in [5.41, 5.74) is 1.21. The van der Waals surface area contributed by atoms with Gasteiger partial charge in [0.05, 0.1) is 0 Å². The zero-order valence-corrected chi connectivity index (χ0v) is 11.9. The van der Waals surface area contributed by atoms with Gasteiger partial charge in [0.15, 0.2) is 0 Å². The maximum Gasteiger partial charge on any atom is 0.126 e. The van der Waals surface area contributed by atoms with Gasteiger partial charge >= 0.3 is 0 Å². The lowest BCUT2D eigenvalue weighted by atomic mass is 9.92. The highest BCUT2D eigenvalue weighted by Gasteiger charge is 2.14. The Kier molecular flexibility index (Phi) is 5.39. The molecule has 0 bridgehead atoms. The van der Waals surface area contributed by atoms with Crippen molar-refractivity contribution in [2.24, 2.45) is 5.92 Å². The van der Waals surface area contributed by atoms with Crippen molar-refractivity contribution < 1.29 is 13.2 Å². The van der Waals surface area contributed by atoms with E-state index in [4.69, 9.17) is 0 Å². The normalized spacial score (nSPS) is 12.4. The van der Waals surface area contributed by atoms with Crippen LogP contribution >= 0.6 is 0 Å². The first kappa shape index (κ1) is 15.6. The average Bonchev–Trinajstić information content (AvgIpc) is 2.43. The third-order valence-corrected chi connectivity index (χ3v) is 3.42. The van der Waals surface area contributed by atoms with Crippen molar-refractivity contribution in [2.75, 3.05) is 13.6 Å². The predicted octanol–water partition coefficient (Wildman–Crippen LogP) is 3.72. The van der Waals surface area contributed by atoms with E-state index in [1.807, 2.05) is 6.07 Å². The van der Waals surface area contributed by atoms with Crippen molar-refractivity contribution in [1.82, 2.24) is 5.32 Å². The van der Waals surface area contributed by atoms with Crippen LogP contribution in [0.3, 0.4) is 0 Å². The van der Waals surface area contributed by atoms with E-state index in [2.05, 4.69) is 5.32 Å². The molecule has 0 aliphatic rings. The van der Waals surface area contributed by atoms with Crippen LogP contribution < -0.4 is 5.32 Å². The van der Waals surface area contributed by atoms with E-state index >= 15 is 0 Å². The number of nitrogens with one attached hydrogen (secondary N) is 1. The molecule has 4 heteroatoms. The Hall–Kier alpha value is -1.81. The highest BCUT2D eigenvalue weighted by atomic mass is 19.1. The summed E-state index contributed by atoms with van der Waals surface area (Å²) in [6.45, 7) is 0.645. The molecule has 112 valence electrons. The number of halogens is 3. The molecule has 0 saturated carbocycles. The van der Waals surface area contributed by atoms with E-state index in [9.17, 15) is 13.2 Å². The molecule has 0 radical (unpaired) electrons. The largest absolute Gasteiger partial charge is 0.319 e. The minimum atomic E-state index is -0.444. The first-order chi connectivity index (χ1) is 10.1. The average molecular weight is 293 g/mol. The molecule has 1 nitrogen and oxygen atoms in total. The molecule has 21 heavy (non-hydrogen) atoms. The van der Waals surface area contributed by atoms with Crippen molar-refractivity contribution in [1.29, 1.82) is 0 Å². The fourth-order valence-electron chi connectivity index (χ4n) is 2.51. The molecule has 0 amide bonds. The standard InChI is InChI=1S/C17H18F3N/c1-21-11-13(7-12-3-2-4-15(18)9-12)8-14-10-16(19)5-6-17(14)20/h2-6,9-10,13,21H,7-8,11H2,1H3. The van der Waals surface area contributed by atoms with Crippen molar-refractivity contribution >= 4 is 0 Å². The highest BCUT2D eigenvalue weighted by molar-refractivity contribution is 5.21. The van der Waals surface area contributed by atoms with Crippen LogP contribution in [0.2, 0.25) is 0 Å². The van der Waals surface area contributed by atoms with Crippen LogP contribution in [0.25, 0.3) is 0 Å². The third kappa shape index (κ3) is 4.60. The van der Waals surface area contributed by atoms with E-state index in [1.54, 1.807) is 13.1 Å². The van der Waals surface area contributed by atoms with E-state index in [0.717, 1.165) is 17.7 Å². The second-order valence-corrected chi connectivity index (χ2v) is 5.20. The number of hydrogen-bond donors (Lipinski definition) is 1. The summed E-state index contributed by atoms with van der Waals surface area (Å²) in [5, 5.41) is 3.05. The Balaban J connectivity index is 2.13. The van der Waals surface area contributed by atoms with Gasteiger partial charge in [-0.25, -0.2) is 13.2 Å². The predicted molar refractivity (Wildman–Crippen MR) is 77.6 cm³/mol. The van der Waals surface area contributed by atoms with Crippen molar-refractivity contribution in [3.63, 3.8) is 0 Å². The summed E-state index contributed by atoms with van der Waals surface area (Å²) in [5.74, 6) is -1.07. The lowest BCUT2D eigenvalue weighted by Gasteiger charge is -2.17. The van der Waals surface area contributed by atoms with Gasteiger partial charge in [0.1, 0.15) is 17.5 Å². The Morgan fingerprint density at radius 1 is 0.952 bits per heavy atom. The van der Waals surface area contributed by atoms with Crippen LogP contribution in [0.5, 0.6) is 0 Å². The van der Waals surface area contributed by atoms with Gasteiger partial charge in [0.25, 0.3) is 0 Å². The number of hydrogen-bond acceptors (Lipinski definition) is 1. The lowest BCUT2D eigenvalue weighted by Crippen LogP contribution is -2.23. The molecule has 1 atom stereocenters. The molecule has 0 aliphatic heterocycles. The quantitative estimate of drug-likeness (QED) is 0.856. The van der Waals surface area contributed by atoms with Gasteiger partial charge in [-0.1, -0.05) is 12.1 Å². The molecule has 0 aromatic heterocycles. The van der Waals surface area contributed by atoms with Crippen LogP contribution in [-0.4, -0.2) is 13.6 Å². The first-order valence-electron chi connectivity index (χ1n) is 6.91. The maximum atomic E-state index is 13.7. The minimum absolute atomic E-state index is 0.0631. The molecular formula is C17H18F3N. The van der Waals surface area contributed by atoms with Crippen LogP contribution in [0.15, 0.2) is 42.5 Å². The lowest BCUT2D eigenvalue weighted by molar-refractivity contribution is 0.475. The van der Waals surface area contributed by atoms with E-state index in [-0.39, 0.29) is 11.7 Å². The number of benzene rings is 2. The summed E-state index contributed by atoms with van der Waals surface area (Å²) in [6.07, 6.45) is 1.01. The van der Waals surface area contributed by atoms with Gasteiger partial charge in [-0.15, -0.1) is 0 Å². The van der Waals surface area contributed by atoms with Crippen LogP contribution in [0.1, 0.15) is 11.1 Å². The monoisotopic (exact) mass is 293 g/mol. The topological polar surface area (TPSA) is 12.0 Å². The van der Waals surface area contributed by atoms with Gasteiger partial charge in [-0.3, -0.25) is 0 Å². The minimum Gasteiger partial charge on any atom is -0.319 e. The summed E-state index contributed by atoms with van der Waals surface area (Å²) in [6, 6.07) is 9.84. The van der Waals surface area contributed by atoms with E-state index in [1.165, 1.54) is 18.2 Å². The van der Waals surface area contributed by atoms with Gasteiger partial charge in [0.2, 0.25) is 0 Å². The van der Waals surface area contributed by atoms with Gasteiger partial charge in [0, 0.05) is 0 Å². The Morgan fingerprint density at radius 3 is 2.43 bits per heavy atom. The van der Waals surface area contributed by atoms with Crippen molar-refractivity contribution in [3.8, 4) is 0 Å². The zero-order chi connectivity index (χ0) is 15.2. The van der Waals surface area contributed by atoms with Gasteiger partial charge < -0.3 is 5.32 Å². The van der Waals surface area contributed by atoms with Gasteiger partial charge in [-0.05, 0) is 73.8 Å². The Morgan fingerprint density at radius 2 is 1.71 bits per heavy atom. The fraction of sp³-hybridized carbons (Fsp3) is 0.294. The molecule has 1 N–H and O–H groups in total. The molecule has 2 aromatic rings. The zero-order valence-electron chi connectivity index (χ0n) is 11.9. The second kappa shape index (κ2) is 7.27. The molecule has 0 fully saturated rings. The summed E-state index contributed by atoms with van der Waals surface area (Å²) in [7, 11) is 1.81. The molecule has 0 heterocycles. The second-order valence-electron chi connectivity index (χ2n) is 5.20. The SMILES string of the molecule is CNCC(Cc1cccc(F)c1)Cc1cc(F)ccc1F. The fourth-order valence-corrected chi connectivity index (χ4v) is 2.51. The third-order valence-electron chi connectivity index (χ3n) is 3.42. The maximum absolute atomic E-state index is 13.7. The summed E-state index contributed by atoms with van der Waals surface area (Å²) >= 11 is 0. The molecule has 0 saturated heterocycles. The van der Waals surface area contributed by atoms with Gasteiger partial charge in [-0.2, -0.15) is 0 Å². The van der Waals surface area contributed by atoms with Crippen molar-refractivity contribution in [3.05, 3.63) is 71.0 Å². The van der Waals surface area contributed by atoms with Crippen LogP contribution in [0, 0.1) is 23.4 Å². The molecular weight excluding hydrogens is 275 g/mol. The van der Waals surface area contributed by atoms with Crippen LogP contribution in [-0.2, 0) is 12.8 Å². The summed E-state index contributed by atoms with van der Waals surface area (Å²) in [4.78, 5) is 0. The Labute approximate surface area is 122 Å². The molecule has 2 rings (SSSR count). The highest BCUT2D eigenvalue weighted by Crippen LogP contribution is 2.18. The summed E-state index contributed by atoms with van der Waals surface area (Å²) < 4.78 is 40.2. The Bertz CT molecular complexity index is 598. The van der Waals surface area contributed by atoms with E-state index < -0.39 is 11.6 Å². The number of rotatable bonds is 6. The van der Waals surface area contributed by atoms with Crippen molar-refractivity contribution in [2.45, 2.75) is 12.8 Å². The molecule has 1 unspecified atom stereocenters. The van der Waals surface area contributed by atoms with Crippen LogP contribution in [0.4, 0.5) is 13.2 Å². The molecule has 0 aliphatic carbocycles. The van der Waals surface area contributed by atoms with E-state index in [0.29, 0.717) is 24.9 Å². The smallest absolute Gasteiger partial charge is 0.126 e. The molecule has 2 aromatic carbocycles.